The highest BCUT2D eigenvalue weighted by atomic mass is 16.5. The van der Waals surface area contributed by atoms with Gasteiger partial charge in [-0.2, -0.15) is 5.26 Å². The number of nitrogens with zero attached hydrogens (tertiary/aromatic N) is 1. The van der Waals surface area contributed by atoms with Gasteiger partial charge in [0.1, 0.15) is 16.9 Å². The summed E-state index contributed by atoms with van der Waals surface area (Å²) in [5.74, 6) is -0.455. The van der Waals surface area contributed by atoms with Gasteiger partial charge in [-0.05, 0) is 41.8 Å². The molecule has 0 amide bonds. The van der Waals surface area contributed by atoms with Crippen molar-refractivity contribution in [1.82, 2.24) is 0 Å². The summed E-state index contributed by atoms with van der Waals surface area (Å²) >= 11 is 0. The van der Waals surface area contributed by atoms with E-state index in [2.05, 4.69) is 6.07 Å². The maximum atomic E-state index is 12.7. The third-order valence-corrected chi connectivity index (χ3v) is 7.50. The Morgan fingerprint density at radius 1 is 0.919 bits per heavy atom. The first kappa shape index (κ1) is 25.7. The third kappa shape index (κ3) is 4.73. The number of aliphatic carboxylic acids is 1. The zero-order valence-corrected chi connectivity index (χ0v) is 20.9. The lowest BCUT2D eigenvalue weighted by molar-refractivity contribution is -0.145. The van der Waals surface area contributed by atoms with E-state index in [-0.39, 0.29) is 13.0 Å². The lowest BCUT2D eigenvalue weighted by Gasteiger charge is -2.17. The first-order valence-electron chi connectivity index (χ1n) is 12.1. The summed E-state index contributed by atoms with van der Waals surface area (Å²) < 4.78 is 11.2. The van der Waals surface area contributed by atoms with Gasteiger partial charge < -0.3 is 14.6 Å². The van der Waals surface area contributed by atoms with Gasteiger partial charge in [0.15, 0.2) is 0 Å². The standard InChI is InChI=1S/C31H29NO5/c1-29(2)30(22-32,18-16-27(33)36-19-17-23-10-5-3-6-11-23)31(29,28(34)35)21-24-12-9-15-26(20-24)37-25-13-7-4-8-14-25/h3-16,18,20H,17,19,21H2,1-2H3,(H,34,35)/b18-16-/t30-,31-/m1/s1. The minimum absolute atomic E-state index is 0.0995. The highest BCUT2D eigenvalue weighted by Crippen LogP contribution is 2.79. The minimum atomic E-state index is -1.43. The number of carboxylic acids is 1. The number of hydrogen-bond donors (Lipinski definition) is 1. The molecule has 188 valence electrons. The Balaban J connectivity index is 1.51. The molecule has 37 heavy (non-hydrogen) atoms. The minimum Gasteiger partial charge on any atom is -0.481 e. The summed E-state index contributed by atoms with van der Waals surface area (Å²) in [4.78, 5) is 25.1. The smallest absolute Gasteiger partial charge is 0.330 e. The number of rotatable bonds is 10. The van der Waals surface area contributed by atoms with Gasteiger partial charge in [-0.3, -0.25) is 4.79 Å². The van der Waals surface area contributed by atoms with E-state index in [1.54, 1.807) is 32.0 Å². The number of allylic oxidation sites excluding steroid dienone is 1. The van der Waals surface area contributed by atoms with Crippen molar-refractivity contribution in [3.8, 4) is 17.6 Å². The van der Waals surface area contributed by atoms with E-state index in [9.17, 15) is 20.0 Å². The Morgan fingerprint density at radius 2 is 1.54 bits per heavy atom. The first-order chi connectivity index (χ1) is 17.8. The number of carboxylic acid groups (broad SMARTS) is 1. The maximum absolute atomic E-state index is 12.7. The van der Waals surface area contributed by atoms with E-state index in [1.165, 1.54) is 12.2 Å². The molecule has 1 fully saturated rings. The lowest BCUT2D eigenvalue weighted by Crippen LogP contribution is -2.26. The van der Waals surface area contributed by atoms with Crippen LogP contribution in [-0.2, 0) is 27.2 Å². The second kappa shape index (κ2) is 10.3. The summed E-state index contributed by atoms with van der Waals surface area (Å²) in [6.07, 6.45) is 3.27. The molecule has 0 radical (unpaired) electrons. The van der Waals surface area contributed by atoms with Gasteiger partial charge in [0, 0.05) is 17.9 Å². The van der Waals surface area contributed by atoms with Crippen LogP contribution in [0, 0.1) is 27.6 Å². The summed E-state index contributed by atoms with van der Waals surface area (Å²) in [5, 5.41) is 20.6. The van der Waals surface area contributed by atoms with Crippen molar-refractivity contribution in [2.45, 2.75) is 26.7 Å². The number of nitriles is 1. The molecular formula is C31H29NO5. The van der Waals surface area contributed by atoms with Crippen molar-refractivity contribution in [2.75, 3.05) is 6.61 Å². The number of benzene rings is 3. The zero-order valence-electron chi connectivity index (χ0n) is 20.9. The Morgan fingerprint density at radius 3 is 2.19 bits per heavy atom. The van der Waals surface area contributed by atoms with Crippen molar-refractivity contribution in [3.63, 3.8) is 0 Å². The largest absolute Gasteiger partial charge is 0.481 e. The number of esters is 1. The fourth-order valence-electron chi connectivity index (χ4n) is 5.30. The van der Waals surface area contributed by atoms with Crippen LogP contribution in [0.3, 0.4) is 0 Å². The molecule has 0 bridgehead atoms. The number of para-hydroxylation sites is 1. The molecule has 1 aliphatic rings. The maximum Gasteiger partial charge on any atom is 0.330 e. The molecular weight excluding hydrogens is 466 g/mol. The average Bonchev–Trinajstić information content (AvgIpc) is 3.32. The SMILES string of the molecule is CC1(C)[C@](C#N)(/C=C\C(=O)OCCc2ccccc2)[C@]1(Cc1cccc(Oc2ccccc2)c1)C(=O)O. The van der Waals surface area contributed by atoms with Crippen molar-refractivity contribution in [2.24, 2.45) is 16.2 Å². The molecule has 0 aliphatic heterocycles. The van der Waals surface area contributed by atoms with E-state index in [0.717, 1.165) is 11.1 Å². The molecule has 0 heterocycles. The summed E-state index contributed by atoms with van der Waals surface area (Å²) in [5.41, 5.74) is -1.99. The van der Waals surface area contributed by atoms with Gasteiger partial charge in [-0.1, -0.05) is 80.6 Å². The molecule has 1 aliphatic carbocycles. The van der Waals surface area contributed by atoms with Crippen molar-refractivity contribution < 1.29 is 24.2 Å². The Bertz CT molecular complexity index is 1340. The van der Waals surface area contributed by atoms with Crippen LogP contribution < -0.4 is 4.74 Å². The molecule has 4 rings (SSSR count). The van der Waals surface area contributed by atoms with Crippen LogP contribution in [-0.4, -0.2) is 23.7 Å². The zero-order chi connectivity index (χ0) is 26.5. The van der Waals surface area contributed by atoms with E-state index in [0.29, 0.717) is 17.9 Å². The summed E-state index contributed by atoms with van der Waals surface area (Å²) in [6, 6.07) is 28.4. The van der Waals surface area contributed by atoms with Crippen LogP contribution in [0.5, 0.6) is 11.5 Å². The van der Waals surface area contributed by atoms with E-state index >= 15 is 0 Å². The van der Waals surface area contributed by atoms with Gasteiger partial charge in [0.2, 0.25) is 0 Å². The van der Waals surface area contributed by atoms with Crippen molar-refractivity contribution in [3.05, 3.63) is 108 Å². The molecule has 0 saturated heterocycles. The number of hydrogen-bond acceptors (Lipinski definition) is 5. The lowest BCUT2D eigenvalue weighted by atomic mass is 9.86. The van der Waals surface area contributed by atoms with Crippen LogP contribution in [0.4, 0.5) is 0 Å². The normalized spacial score (nSPS) is 21.6. The molecule has 2 atom stereocenters. The average molecular weight is 496 g/mol. The predicted molar refractivity (Wildman–Crippen MR) is 139 cm³/mol. The summed E-state index contributed by atoms with van der Waals surface area (Å²) in [7, 11) is 0. The Hall–Kier alpha value is -4.37. The van der Waals surface area contributed by atoms with Crippen LogP contribution in [0.1, 0.15) is 25.0 Å². The second-order valence-corrected chi connectivity index (χ2v) is 9.73. The van der Waals surface area contributed by atoms with E-state index < -0.39 is 28.2 Å². The van der Waals surface area contributed by atoms with Gasteiger partial charge in [-0.25, -0.2) is 4.79 Å². The molecule has 0 aromatic heterocycles. The Kier molecular flexibility index (Phi) is 7.17. The van der Waals surface area contributed by atoms with Crippen LogP contribution >= 0.6 is 0 Å². The quantitative estimate of drug-likeness (QED) is 0.274. The monoisotopic (exact) mass is 495 g/mol. The van der Waals surface area contributed by atoms with Crippen LogP contribution in [0.15, 0.2) is 97.1 Å². The van der Waals surface area contributed by atoms with E-state index in [1.807, 2.05) is 66.7 Å². The summed E-state index contributed by atoms with van der Waals surface area (Å²) in [6.45, 7) is 3.69. The topological polar surface area (TPSA) is 96.6 Å². The van der Waals surface area contributed by atoms with Crippen molar-refractivity contribution in [1.29, 1.82) is 5.26 Å². The van der Waals surface area contributed by atoms with Gasteiger partial charge in [0.05, 0.1) is 18.1 Å². The number of ether oxygens (including phenoxy) is 2. The molecule has 1 N–H and O–H groups in total. The second-order valence-electron chi connectivity index (χ2n) is 9.73. The molecule has 3 aromatic carbocycles. The fourth-order valence-corrected chi connectivity index (χ4v) is 5.30. The van der Waals surface area contributed by atoms with Crippen molar-refractivity contribution >= 4 is 11.9 Å². The molecule has 6 heteroatoms. The highest BCUT2D eigenvalue weighted by molar-refractivity contribution is 5.88. The third-order valence-electron chi connectivity index (χ3n) is 7.50. The number of carbonyl (C=O) groups excluding carboxylic acids is 1. The van der Waals surface area contributed by atoms with Crippen LogP contribution in [0.2, 0.25) is 0 Å². The van der Waals surface area contributed by atoms with Gasteiger partial charge in [-0.15, -0.1) is 0 Å². The fraction of sp³-hybridized carbons (Fsp3) is 0.258. The van der Waals surface area contributed by atoms with Gasteiger partial charge >= 0.3 is 11.9 Å². The molecule has 3 aromatic rings. The molecule has 6 nitrogen and oxygen atoms in total. The predicted octanol–water partition coefficient (Wildman–Crippen LogP) is 5.98. The first-order valence-corrected chi connectivity index (χ1v) is 12.1. The molecule has 1 saturated carbocycles. The number of carbonyl (C=O) groups is 2. The van der Waals surface area contributed by atoms with Crippen LogP contribution in [0.25, 0.3) is 0 Å². The molecule has 0 spiro atoms. The van der Waals surface area contributed by atoms with Gasteiger partial charge in [0.25, 0.3) is 0 Å². The Labute approximate surface area is 216 Å². The van der Waals surface area contributed by atoms with E-state index in [4.69, 9.17) is 9.47 Å². The molecule has 0 unspecified atom stereocenters. The highest BCUT2D eigenvalue weighted by Gasteiger charge is 2.86.